The van der Waals surface area contributed by atoms with Crippen molar-refractivity contribution >= 4 is 35.0 Å². The van der Waals surface area contributed by atoms with Crippen LogP contribution in [-0.4, -0.2) is 59.8 Å². The Morgan fingerprint density at radius 2 is 1.57 bits per heavy atom. The first kappa shape index (κ1) is 30.5. The number of methoxy groups -OCH3 is 1. The lowest BCUT2D eigenvalue weighted by molar-refractivity contribution is -0.138. The maximum absolute atomic E-state index is 15.0. The molecule has 47 heavy (non-hydrogen) atoms. The molecule has 238 valence electrons. The van der Waals surface area contributed by atoms with Crippen molar-refractivity contribution in [1.29, 1.82) is 0 Å². The maximum atomic E-state index is 15.0. The Morgan fingerprint density at radius 3 is 2.23 bits per heavy atom. The average molecular weight is 632 g/mol. The van der Waals surface area contributed by atoms with E-state index in [4.69, 9.17) is 9.47 Å². The van der Waals surface area contributed by atoms with Gasteiger partial charge in [-0.05, 0) is 53.7 Å². The van der Waals surface area contributed by atoms with Crippen LogP contribution < -0.4 is 4.74 Å². The number of rotatable bonds is 6. The van der Waals surface area contributed by atoms with Gasteiger partial charge >= 0.3 is 6.09 Å². The number of Topliss-reactive ketones (excluding diaryl/α,β-unsaturated/α-hetero) is 1. The van der Waals surface area contributed by atoms with Crippen molar-refractivity contribution < 1.29 is 38.6 Å². The lowest BCUT2D eigenvalue weighted by Gasteiger charge is -2.55. The molecule has 0 bridgehead atoms. The number of hydrogen-bond donors (Lipinski definition) is 1. The number of likely N-dealkylation sites (tertiary alicyclic amines) is 1. The van der Waals surface area contributed by atoms with Crippen molar-refractivity contribution in [3.63, 3.8) is 0 Å². The number of benzene rings is 3. The predicted molar refractivity (Wildman–Crippen MR) is 170 cm³/mol. The van der Waals surface area contributed by atoms with Gasteiger partial charge in [0.15, 0.2) is 11.6 Å². The van der Waals surface area contributed by atoms with Crippen molar-refractivity contribution in [2.24, 2.45) is 23.7 Å². The fourth-order valence-corrected chi connectivity index (χ4v) is 8.44. The van der Waals surface area contributed by atoms with Gasteiger partial charge in [0.1, 0.15) is 12.4 Å². The van der Waals surface area contributed by atoms with Crippen LogP contribution in [0.5, 0.6) is 5.75 Å². The molecule has 0 spiro atoms. The standard InChI is InChI=1S/C38H33NO8/c1-46-37(45)39-35(43)27-17-16-26-29(32(27)36(39)44)20-30-34(42)28(22-8-4-2-5-9-22)21-31(41)38(30,24-10-6-3-7-11-24)33(26)23-12-14-25(15-13-23)47-19-18-40/h2-16,21,27,29-30,32-33,40H,17-20H2,1H3. The highest BCUT2D eigenvalue weighted by atomic mass is 16.5. The van der Waals surface area contributed by atoms with E-state index in [1.165, 1.54) is 6.08 Å². The molecule has 9 nitrogen and oxygen atoms in total. The maximum Gasteiger partial charge on any atom is 0.423 e. The van der Waals surface area contributed by atoms with Crippen LogP contribution in [-0.2, 0) is 29.3 Å². The van der Waals surface area contributed by atoms with E-state index in [9.17, 15) is 29.1 Å². The molecule has 4 aliphatic rings. The lowest BCUT2D eigenvalue weighted by atomic mass is 9.44. The third-order valence-corrected chi connectivity index (χ3v) is 10.3. The highest BCUT2D eigenvalue weighted by Gasteiger charge is 2.66. The Kier molecular flexibility index (Phi) is 7.72. The molecule has 1 N–H and O–H groups in total. The number of ether oxygens (including phenoxy) is 2. The van der Waals surface area contributed by atoms with Gasteiger partial charge in [0.2, 0.25) is 11.8 Å². The summed E-state index contributed by atoms with van der Waals surface area (Å²) in [5.41, 5.74) is 1.80. The molecule has 3 amide bonds. The molecule has 6 atom stereocenters. The minimum atomic E-state index is -1.35. The molecule has 7 rings (SSSR count). The van der Waals surface area contributed by atoms with Gasteiger partial charge < -0.3 is 14.6 Å². The molecule has 1 saturated carbocycles. The first-order chi connectivity index (χ1) is 22.8. The van der Waals surface area contributed by atoms with E-state index in [1.54, 1.807) is 24.3 Å². The van der Waals surface area contributed by atoms with E-state index >= 15 is 0 Å². The Morgan fingerprint density at radius 1 is 0.894 bits per heavy atom. The molecule has 1 saturated heterocycles. The molecule has 1 heterocycles. The minimum absolute atomic E-state index is 0.113. The van der Waals surface area contributed by atoms with Crippen LogP contribution in [0.2, 0.25) is 0 Å². The summed E-state index contributed by atoms with van der Waals surface area (Å²) in [5.74, 6) is -4.99. The number of fused-ring (bicyclic) bond motifs is 4. The van der Waals surface area contributed by atoms with Crippen molar-refractivity contribution in [3.05, 3.63) is 119 Å². The van der Waals surface area contributed by atoms with Crippen LogP contribution in [0.3, 0.4) is 0 Å². The van der Waals surface area contributed by atoms with E-state index < -0.39 is 52.9 Å². The number of nitrogens with zero attached hydrogens (tertiary/aromatic N) is 1. The number of aliphatic hydroxyl groups is 1. The quantitative estimate of drug-likeness (QED) is 0.308. The zero-order chi connectivity index (χ0) is 32.9. The molecule has 0 aromatic heterocycles. The number of amides is 3. The minimum Gasteiger partial charge on any atom is -0.491 e. The highest BCUT2D eigenvalue weighted by Crippen LogP contribution is 2.63. The van der Waals surface area contributed by atoms with Gasteiger partial charge in [0, 0.05) is 17.4 Å². The number of carbonyl (C=O) groups is 5. The molecule has 2 fully saturated rings. The smallest absolute Gasteiger partial charge is 0.423 e. The van der Waals surface area contributed by atoms with E-state index in [1.807, 2.05) is 66.7 Å². The average Bonchev–Trinajstić information content (AvgIpc) is 3.37. The van der Waals surface area contributed by atoms with Crippen LogP contribution >= 0.6 is 0 Å². The zero-order valence-electron chi connectivity index (χ0n) is 25.7. The summed E-state index contributed by atoms with van der Waals surface area (Å²) in [6, 6.07) is 25.6. The summed E-state index contributed by atoms with van der Waals surface area (Å²) >= 11 is 0. The van der Waals surface area contributed by atoms with E-state index in [2.05, 4.69) is 0 Å². The second-order valence-corrected chi connectivity index (χ2v) is 12.4. The number of imide groups is 3. The first-order valence-electron chi connectivity index (χ1n) is 15.7. The van der Waals surface area contributed by atoms with E-state index in [0.717, 1.165) is 18.2 Å². The number of hydrogen-bond acceptors (Lipinski definition) is 8. The summed E-state index contributed by atoms with van der Waals surface area (Å²) in [4.78, 5) is 70.4. The van der Waals surface area contributed by atoms with E-state index in [-0.39, 0.29) is 37.6 Å². The fraction of sp³-hybridized carbons (Fsp3) is 0.289. The monoisotopic (exact) mass is 631 g/mol. The van der Waals surface area contributed by atoms with Crippen molar-refractivity contribution in [2.45, 2.75) is 24.2 Å². The molecule has 0 radical (unpaired) electrons. The highest BCUT2D eigenvalue weighted by molar-refractivity contribution is 6.31. The van der Waals surface area contributed by atoms with Crippen molar-refractivity contribution in [3.8, 4) is 5.75 Å². The van der Waals surface area contributed by atoms with Crippen LogP contribution in [0, 0.1) is 23.7 Å². The molecule has 1 aliphatic heterocycles. The topological polar surface area (TPSA) is 127 Å². The molecular formula is C38H33NO8. The summed E-state index contributed by atoms with van der Waals surface area (Å²) in [5, 5.41) is 9.25. The summed E-state index contributed by atoms with van der Waals surface area (Å²) < 4.78 is 10.4. The van der Waals surface area contributed by atoms with Gasteiger partial charge in [-0.25, -0.2) is 4.79 Å². The Balaban J connectivity index is 1.46. The number of allylic oxidation sites excluding steroid dienone is 4. The second-order valence-electron chi connectivity index (χ2n) is 12.4. The number of ketones is 2. The van der Waals surface area contributed by atoms with E-state index in [0.29, 0.717) is 27.3 Å². The summed E-state index contributed by atoms with van der Waals surface area (Å²) in [7, 11) is 1.12. The third-order valence-electron chi connectivity index (χ3n) is 10.3. The van der Waals surface area contributed by atoms with Gasteiger partial charge in [0.05, 0.1) is 31.0 Å². The van der Waals surface area contributed by atoms with Gasteiger partial charge in [-0.3, -0.25) is 19.2 Å². The zero-order valence-corrected chi connectivity index (χ0v) is 25.7. The Labute approximate surface area is 271 Å². The van der Waals surface area contributed by atoms with Crippen molar-refractivity contribution in [2.75, 3.05) is 20.3 Å². The van der Waals surface area contributed by atoms with Gasteiger partial charge in [-0.2, -0.15) is 4.90 Å². The SMILES string of the molecule is COC(=O)N1C(=O)C2CC=C3C(CC4C(=O)C(c5ccccc5)=CC(=O)C4(c4ccccc4)C3c3ccc(OCCO)cc3)C2C1=O. The van der Waals surface area contributed by atoms with Gasteiger partial charge in [0.25, 0.3) is 0 Å². The lowest BCUT2D eigenvalue weighted by Crippen LogP contribution is -2.58. The molecule has 3 aliphatic carbocycles. The largest absolute Gasteiger partial charge is 0.491 e. The Hall–Kier alpha value is -5.15. The Bertz CT molecular complexity index is 1830. The summed E-state index contributed by atoms with van der Waals surface area (Å²) in [6.45, 7) is -0.0374. The first-order valence-corrected chi connectivity index (χ1v) is 15.7. The predicted octanol–water partition coefficient (Wildman–Crippen LogP) is 4.65. The van der Waals surface area contributed by atoms with Crippen molar-refractivity contribution in [1.82, 2.24) is 4.90 Å². The fourth-order valence-electron chi connectivity index (χ4n) is 8.44. The second kappa shape index (κ2) is 11.9. The number of carbonyl (C=O) groups excluding carboxylic acids is 5. The molecular weight excluding hydrogens is 598 g/mol. The molecule has 6 unspecified atom stereocenters. The normalized spacial score (nSPS) is 28.1. The van der Waals surface area contributed by atoms with Gasteiger partial charge in [-0.1, -0.05) is 84.4 Å². The van der Waals surface area contributed by atoms with Crippen LogP contribution in [0.1, 0.15) is 35.4 Å². The van der Waals surface area contributed by atoms with Gasteiger partial charge in [-0.15, -0.1) is 0 Å². The third kappa shape index (κ3) is 4.59. The number of aliphatic hydroxyl groups excluding tert-OH is 1. The molecule has 9 heteroatoms. The molecule has 3 aromatic rings. The molecule has 3 aromatic carbocycles. The van der Waals surface area contributed by atoms with Crippen LogP contribution in [0.25, 0.3) is 5.57 Å². The van der Waals surface area contributed by atoms with Crippen LogP contribution in [0.4, 0.5) is 4.79 Å². The van der Waals surface area contributed by atoms with Crippen LogP contribution in [0.15, 0.2) is 103 Å². The summed E-state index contributed by atoms with van der Waals surface area (Å²) in [6.07, 6.45) is 2.72.